The number of aliphatic hydroxyl groups is 1. The lowest BCUT2D eigenvalue weighted by atomic mass is 10.2. The van der Waals surface area contributed by atoms with Crippen molar-refractivity contribution in [2.24, 2.45) is 0 Å². The summed E-state index contributed by atoms with van der Waals surface area (Å²) in [5.74, 6) is -0.163. The Morgan fingerprint density at radius 1 is 1.22 bits per heavy atom. The van der Waals surface area contributed by atoms with E-state index in [-0.39, 0.29) is 19.1 Å². The minimum Gasteiger partial charge on any atom is -0.395 e. The van der Waals surface area contributed by atoms with Crippen molar-refractivity contribution >= 4 is 34.2 Å². The lowest BCUT2D eigenvalue weighted by Gasteiger charge is -2.17. The van der Waals surface area contributed by atoms with E-state index in [9.17, 15) is 9.90 Å². The topological polar surface area (TPSA) is 75.7 Å². The van der Waals surface area contributed by atoms with Crippen LogP contribution in [-0.4, -0.2) is 55.3 Å². The second-order valence-electron chi connectivity index (χ2n) is 6.36. The van der Waals surface area contributed by atoms with Crippen molar-refractivity contribution in [3.05, 3.63) is 65.1 Å². The smallest absolute Gasteiger partial charge is 0.270 e. The van der Waals surface area contributed by atoms with E-state index >= 15 is 0 Å². The molecule has 0 aliphatic carbocycles. The molecule has 1 aromatic carbocycles. The van der Waals surface area contributed by atoms with Crippen molar-refractivity contribution in [3.8, 4) is 0 Å². The number of likely N-dealkylation sites (N-methyl/N-ethyl adjacent to an activating group) is 1. The third kappa shape index (κ3) is 3.15. The van der Waals surface area contributed by atoms with Crippen LogP contribution < -0.4 is 0 Å². The molecule has 0 aliphatic heterocycles. The summed E-state index contributed by atoms with van der Waals surface area (Å²) in [5.41, 5.74) is 3.97. The molecule has 4 aromatic rings. The summed E-state index contributed by atoms with van der Waals surface area (Å²) < 4.78 is 3.81. The van der Waals surface area contributed by atoms with Gasteiger partial charge in [-0.25, -0.2) is 0 Å². The number of amides is 1. The number of nitrogens with zero attached hydrogens (tertiary/aromatic N) is 5. The van der Waals surface area contributed by atoms with Gasteiger partial charge in [0.15, 0.2) is 5.65 Å². The first-order chi connectivity index (χ1) is 13.1. The molecule has 0 spiro atoms. The van der Waals surface area contributed by atoms with Gasteiger partial charge in [-0.2, -0.15) is 0 Å². The number of hydrogen-bond acceptors (Lipinski definition) is 4. The van der Waals surface area contributed by atoms with Crippen molar-refractivity contribution in [1.29, 1.82) is 0 Å². The second kappa shape index (κ2) is 7.02. The fourth-order valence-corrected chi connectivity index (χ4v) is 3.44. The summed E-state index contributed by atoms with van der Waals surface area (Å²) in [6, 6.07) is 13.2. The quantitative estimate of drug-likeness (QED) is 0.574. The average Bonchev–Trinajstić information content (AvgIpc) is 3.26. The number of fused-ring (bicyclic) bond motifs is 3. The fraction of sp³-hybridized carbons (Fsp3) is 0.211. The summed E-state index contributed by atoms with van der Waals surface area (Å²) in [7, 11) is 1.67. The minimum atomic E-state index is -0.163. The van der Waals surface area contributed by atoms with Crippen LogP contribution in [0.25, 0.3) is 16.7 Å². The first kappa shape index (κ1) is 17.5. The van der Waals surface area contributed by atoms with Crippen molar-refractivity contribution in [1.82, 2.24) is 24.1 Å². The molecule has 0 bridgehead atoms. The highest BCUT2D eigenvalue weighted by Crippen LogP contribution is 2.24. The first-order valence-electron chi connectivity index (χ1n) is 8.51. The molecule has 7 nitrogen and oxygen atoms in total. The lowest BCUT2D eigenvalue weighted by Crippen LogP contribution is -2.31. The molecule has 0 aliphatic rings. The van der Waals surface area contributed by atoms with E-state index in [0.29, 0.717) is 22.9 Å². The van der Waals surface area contributed by atoms with Crippen LogP contribution in [0.15, 0.2) is 48.8 Å². The van der Waals surface area contributed by atoms with Crippen molar-refractivity contribution in [2.45, 2.75) is 6.54 Å². The predicted octanol–water partition coefficient (Wildman–Crippen LogP) is 2.45. The van der Waals surface area contributed by atoms with Gasteiger partial charge >= 0.3 is 0 Å². The maximum atomic E-state index is 13.0. The zero-order chi connectivity index (χ0) is 19.0. The predicted molar refractivity (Wildman–Crippen MR) is 103 cm³/mol. The van der Waals surface area contributed by atoms with E-state index < -0.39 is 0 Å². The molecule has 0 unspecified atom stereocenters. The van der Waals surface area contributed by atoms with E-state index in [1.54, 1.807) is 13.4 Å². The summed E-state index contributed by atoms with van der Waals surface area (Å²) in [6.45, 7) is 0.664. The highest BCUT2D eigenvalue weighted by molar-refractivity contribution is 6.30. The number of halogens is 1. The fourth-order valence-electron chi connectivity index (χ4n) is 3.23. The number of carbonyl (C=O) groups excluding carboxylic acids is 1. The molecule has 3 aromatic heterocycles. The summed E-state index contributed by atoms with van der Waals surface area (Å²) in [4.78, 5) is 14.5. The van der Waals surface area contributed by atoms with E-state index in [0.717, 1.165) is 16.6 Å². The third-order valence-corrected chi connectivity index (χ3v) is 4.81. The van der Waals surface area contributed by atoms with Crippen LogP contribution in [0.5, 0.6) is 0 Å². The van der Waals surface area contributed by atoms with Gasteiger partial charge in [0, 0.05) is 25.2 Å². The molecule has 1 N–H and O–H groups in total. The molecule has 8 heteroatoms. The molecule has 0 fully saturated rings. The molecule has 138 valence electrons. The molecule has 1 amide bonds. The number of pyridine rings is 1. The number of rotatable bonds is 5. The van der Waals surface area contributed by atoms with Gasteiger partial charge < -0.3 is 14.6 Å². The molecule has 3 heterocycles. The van der Waals surface area contributed by atoms with Crippen LogP contribution in [0.3, 0.4) is 0 Å². The summed E-state index contributed by atoms with van der Waals surface area (Å²) >= 11 is 6.13. The highest BCUT2D eigenvalue weighted by Gasteiger charge is 2.20. The molecular formula is C19H18ClN5O2. The zero-order valence-corrected chi connectivity index (χ0v) is 15.5. The Bertz CT molecular complexity index is 1130. The third-order valence-electron chi connectivity index (χ3n) is 4.57. The van der Waals surface area contributed by atoms with Crippen LogP contribution in [0.1, 0.15) is 16.1 Å². The van der Waals surface area contributed by atoms with Gasteiger partial charge in [-0.15, -0.1) is 10.2 Å². The van der Waals surface area contributed by atoms with Gasteiger partial charge in [0.25, 0.3) is 5.91 Å². The molecular weight excluding hydrogens is 366 g/mol. The zero-order valence-electron chi connectivity index (χ0n) is 14.7. The van der Waals surface area contributed by atoms with Gasteiger partial charge in [-0.1, -0.05) is 23.7 Å². The number of hydrogen-bond donors (Lipinski definition) is 1. The Morgan fingerprint density at radius 3 is 2.85 bits per heavy atom. The lowest BCUT2D eigenvalue weighted by molar-refractivity contribution is 0.0757. The van der Waals surface area contributed by atoms with Crippen LogP contribution in [0, 0.1) is 0 Å². The number of aliphatic hydroxyl groups excluding tert-OH is 1. The number of benzene rings is 1. The summed E-state index contributed by atoms with van der Waals surface area (Å²) in [5, 5.41) is 17.9. The Kier molecular flexibility index (Phi) is 4.55. The van der Waals surface area contributed by atoms with E-state index in [4.69, 9.17) is 11.6 Å². The molecule has 0 saturated carbocycles. The largest absolute Gasteiger partial charge is 0.395 e. The van der Waals surface area contributed by atoms with Gasteiger partial charge in [0.05, 0.1) is 17.6 Å². The van der Waals surface area contributed by atoms with Crippen molar-refractivity contribution in [2.75, 3.05) is 20.2 Å². The molecule has 0 atom stereocenters. The van der Waals surface area contributed by atoms with Gasteiger partial charge in [0.1, 0.15) is 12.0 Å². The Labute approximate surface area is 160 Å². The number of aromatic nitrogens is 4. The minimum absolute atomic E-state index is 0.0908. The Morgan fingerprint density at radius 2 is 2.07 bits per heavy atom. The van der Waals surface area contributed by atoms with Gasteiger partial charge in [-0.05, 0) is 35.9 Å². The summed E-state index contributed by atoms with van der Waals surface area (Å²) in [6.07, 6.45) is 1.63. The van der Waals surface area contributed by atoms with E-state index in [1.807, 2.05) is 51.4 Å². The number of carbonyl (C=O) groups is 1. The molecule has 27 heavy (non-hydrogen) atoms. The average molecular weight is 384 g/mol. The maximum Gasteiger partial charge on any atom is 0.270 e. The van der Waals surface area contributed by atoms with Gasteiger partial charge in [0.2, 0.25) is 0 Å². The van der Waals surface area contributed by atoms with Crippen molar-refractivity contribution < 1.29 is 9.90 Å². The monoisotopic (exact) mass is 383 g/mol. The standard InChI is InChI=1S/C19H18ClN5O2/c1-23(7-8-26)19(27)17-10-16-15(5-6-18-22-21-12-25(16)18)24(17)11-13-3-2-4-14(20)9-13/h2-6,9-10,12,26H,7-8,11H2,1H3. The first-order valence-corrected chi connectivity index (χ1v) is 8.89. The maximum absolute atomic E-state index is 13.0. The van der Waals surface area contributed by atoms with E-state index in [2.05, 4.69) is 10.2 Å². The molecule has 4 rings (SSSR count). The van der Waals surface area contributed by atoms with Crippen LogP contribution >= 0.6 is 11.6 Å². The Balaban J connectivity index is 1.90. The van der Waals surface area contributed by atoms with E-state index in [1.165, 1.54) is 4.90 Å². The SMILES string of the molecule is CN(CCO)C(=O)c1cc2c(ccc3nncn32)n1Cc1cccc(Cl)c1. The second-order valence-corrected chi connectivity index (χ2v) is 6.80. The Hall–Kier alpha value is -2.90. The molecule has 0 radical (unpaired) electrons. The van der Waals surface area contributed by atoms with Crippen LogP contribution in [-0.2, 0) is 6.54 Å². The van der Waals surface area contributed by atoms with Crippen LogP contribution in [0.4, 0.5) is 0 Å². The molecule has 0 saturated heterocycles. The normalized spacial score (nSPS) is 11.4. The van der Waals surface area contributed by atoms with Crippen molar-refractivity contribution in [3.63, 3.8) is 0 Å². The van der Waals surface area contributed by atoms with Crippen LogP contribution in [0.2, 0.25) is 5.02 Å². The van der Waals surface area contributed by atoms with Gasteiger partial charge in [-0.3, -0.25) is 9.20 Å². The highest BCUT2D eigenvalue weighted by atomic mass is 35.5.